The van der Waals surface area contributed by atoms with E-state index in [1.807, 2.05) is 0 Å². The number of aromatic nitrogens is 3. The third kappa shape index (κ3) is 2.24. The van der Waals surface area contributed by atoms with Crippen molar-refractivity contribution in [3.05, 3.63) is 54.0 Å². The highest BCUT2D eigenvalue weighted by Crippen LogP contribution is 2.37. The van der Waals surface area contributed by atoms with Crippen LogP contribution in [-0.2, 0) is 0 Å². The predicted octanol–water partition coefficient (Wildman–Crippen LogP) is 2.50. The number of ether oxygens (including phenoxy) is 2. The van der Waals surface area contributed by atoms with Gasteiger partial charge in [-0.25, -0.2) is 13.9 Å². The first kappa shape index (κ1) is 14.2. The van der Waals surface area contributed by atoms with Gasteiger partial charge in [-0.15, -0.1) is 5.10 Å². The predicted molar refractivity (Wildman–Crippen MR) is 79.8 cm³/mol. The number of rotatable bonds is 3. The highest BCUT2D eigenvalue weighted by molar-refractivity contribution is 5.93. The summed E-state index contributed by atoms with van der Waals surface area (Å²) in [7, 11) is 0. The second kappa shape index (κ2) is 5.34. The molecule has 0 unspecified atom stereocenters. The molecule has 120 valence electrons. The molecule has 0 saturated heterocycles. The van der Waals surface area contributed by atoms with Crippen LogP contribution in [0.4, 0.5) is 4.39 Å². The van der Waals surface area contributed by atoms with Gasteiger partial charge in [0.05, 0.1) is 5.69 Å². The minimum absolute atomic E-state index is 0.103. The van der Waals surface area contributed by atoms with Gasteiger partial charge < -0.3 is 14.6 Å². The number of carboxylic acids is 1. The number of benzene rings is 2. The van der Waals surface area contributed by atoms with Crippen LogP contribution in [0.25, 0.3) is 16.9 Å². The summed E-state index contributed by atoms with van der Waals surface area (Å²) in [4.78, 5) is 11.5. The standard InChI is InChI=1S/C16H10FN3O4/c17-10-2-1-3-11(7-10)20-15(14(16(21)22)18-19-20)9-4-5-12-13(6-9)24-8-23-12/h1-7H,8H2,(H,21,22). The molecule has 0 bridgehead atoms. The third-order valence-electron chi connectivity index (χ3n) is 3.57. The normalized spacial score (nSPS) is 12.4. The van der Waals surface area contributed by atoms with Crippen molar-refractivity contribution < 1.29 is 23.8 Å². The summed E-state index contributed by atoms with van der Waals surface area (Å²) in [5, 5.41) is 17.0. The van der Waals surface area contributed by atoms with Crippen molar-refractivity contribution in [2.75, 3.05) is 6.79 Å². The maximum absolute atomic E-state index is 13.5. The van der Waals surface area contributed by atoms with E-state index in [4.69, 9.17) is 9.47 Å². The Morgan fingerprint density at radius 3 is 2.79 bits per heavy atom. The number of carbonyl (C=O) groups is 1. The summed E-state index contributed by atoms with van der Waals surface area (Å²) < 4.78 is 25.4. The maximum atomic E-state index is 13.5. The Balaban J connectivity index is 1.93. The summed E-state index contributed by atoms with van der Waals surface area (Å²) in [6.45, 7) is 0.103. The van der Waals surface area contributed by atoms with Crippen LogP contribution >= 0.6 is 0 Å². The molecule has 0 radical (unpaired) electrons. The van der Waals surface area contributed by atoms with Crippen LogP contribution in [0.1, 0.15) is 10.5 Å². The molecule has 8 heteroatoms. The molecule has 1 aliphatic rings. The highest BCUT2D eigenvalue weighted by atomic mass is 19.1. The van der Waals surface area contributed by atoms with Crippen LogP contribution < -0.4 is 9.47 Å². The van der Waals surface area contributed by atoms with E-state index in [-0.39, 0.29) is 18.2 Å². The Morgan fingerprint density at radius 2 is 2.00 bits per heavy atom. The molecule has 24 heavy (non-hydrogen) atoms. The van der Waals surface area contributed by atoms with Gasteiger partial charge in [0, 0.05) is 5.56 Å². The first-order valence-corrected chi connectivity index (χ1v) is 6.98. The van der Waals surface area contributed by atoms with Crippen molar-refractivity contribution in [1.29, 1.82) is 0 Å². The SMILES string of the molecule is O=C(O)c1nnn(-c2cccc(F)c2)c1-c1ccc2c(c1)OCO2. The third-order valence-corrected chi connectivity index (χ3v) is 3.57. The Bertz CT molecular complexity index is 954. The Labute approximate surface area is 134 Å². The molecule has 0 fully saturated rings. The quantitative estimate of drug-likeness (QED) is 0.795. The molecule has 0 saturated carbocycles. The average Bonchev–Trinajstić information content (AvgIpc) is 3.20. The van der Waals surface area contributed by atoms with Gasteiger partial charge in [0.25, 0.3) is 0 Å². The molecule has 1 N–H and O–H groups in total. The minimum Gasteiger partial charge on any atom is -0.476 e. The lowest BCUT2D eigenvalue weighted by molar-refractivity contribution is 0.0691. The summed E-state index contributed by atoms with van der Waals surface area (Å²) in [5.74, 6) is -0.627. The second-order valence-corrected chi connectivity index (χ2v) is 5.05. The molecule has 3 aromatic rings. The molecule has 0 atom stereocenters. The number of aromatic carboxylic acids is 1. The molecule has 2 aromatic carbocycles. The monoisotopic (exact) mass is 327 g/mol. The number of halogens is 1. The molecule has 1 aromatic heterocycles. The molecular formula is C16H10FN3O4. The van der Waals surface area contributed by atoms with Crippen LogP contribution in [0.15, 0.2) is 42.5 Å². The van der Waals surface area contributed by atoms with Gasteiger partial charge in [-0.3, -0.25) is 0 Å². The maximum Gasteiger partial charge on any atom is 0.358 e. The zero-order chi connectivity index (χ0) is 16.7. The van der Waals surface area contributed by atoms with E-state index in [9.17, 15) is 14.3 Å². The van der Waals surface area contributed by atoms with Gasteiger partial charge in [0.15, 0.2) is 17.2 Å². The number of hydrogen-bond donors (Lipinski definition) is 1. The molecule has 2 heterocycles. The summed E-state index contributed by atoms with van der Waals surface area (Å²) >= 11 is 0. The van der Waals surface area contributed by atoms with E-state index in [1.54, 1.807) is 24.3 Å². The largest absolute Gasteiger partial charge is 0.476 e. The zero-order valence-electron chi connectivity index (χ0n) is 12.1. The van der Waals surface area contributed by atoms with Gasteiger partial charge in [0.2, 0.25) is 6.79 Å². The van der Waals surface area contributed by atoms with Crippen molar-refractivity contribution in [1.82, 2.24) is 15.0 Å². The number of hydrogen-bond acceptors (Lipinski definition) is 5. The van der Waals surface area contributed by atoms with Crippen molar-refractivity contribution >= 4 is 5.97 Å². The van der Waals surface area contributed by atoms with Gasteiger partial charge in [-0.1, -0.05) is 11.3 Å². The molecule has 7 nitrogen and oxygen atoms in total. The van der Waals surface area contributed by atoms with E-state index < -0.39 is 11.8 Å². The Morgan fingerprint density at radius 1 is 1.17 bits per heavy atom. The topological polar surface area (TPSA) is 86.5 Å². The van der Waals surface area contributed by atoms with Crippen molar-refractivity contribution in [2.24, 2.45) is 0 Å². The Kier molecular flexibility index (Phi) is 3.16. The number of nitrogens with zero attached hydrogens (tertiary/aromatic N) is 3. The van der Waals surface area contributed by atoms with E-state index >= 15 is 0 Å². The highest BCUT2D eigenvalue weighted by Gasteiger charge is 2.24. The molecule has 0 amide bonds. The summed E-state index contributed by atoms with van der Waals surface area (Å²) in [5.41, 5.74) is 0.873. The average molecular weight is 327 g/mol. The summed E-state index contributed by atoms with van der Waals surface area (Å²) in [6.07, 6.45) is 0. The summed E-state index contributed by atoms with van der Waals surface area (Å²) in [6, 6.07) is 10.6. The van der Waals surface area contributed by atoms with E-state index in [0.717, 1.165) is 0 Å². The molecular weight excluding hydrogens is 317 g/mol. The van der Waals surface area contributed by atoms with Crippen LogP contribution in [0.3, 0.4) is 0 Å². The fourth-order valence-electron chi connectivity index (χ4n) is 2.52. The van der Waals surface area contributed by atoms with E-state index in [2.05, 4.69) is 10.3 Å². The first-order valence-electron chi connectivity index (χ1n) is 6.98. The number of carboxylic acid groups (broad SMARTS) is 1. The lowest BCUT2D eigenvalue weighted by Crippen LogP contribution is -2.03. The Hall–Kier alpha value is -3.42. The van der Waals surface area contributed by atoms with Crippen LogP contribution in [0.2, 0.25) is 0 Å². The van der Waals surface area contributed by atoms with Crippen molar-refractivity contribution in [3.63, 3.8) is 0 Å². The van der Waals surface area contributed by atoms with Crippen molar-refractivity contribution in [3.8, 4) is 28.4 Å². The molecule has 1 aliphatic heterocycles. The van der Waals surface area contributed by atoms with E-state index in [1.165, 1.54) is 22.9 Å². The first-order chi connectivity index (χ1) is 11.6. The molecule has 0 spiro atoms. The van der Waals surface area contributed by atoms with E-state index in [0.29, 0.717) is 22.7 Å². The van der Waals surface area contributed by atoms with Crippen LogP contribution in [-0.4, -0.2) is 32.9 Å². The smallest absolute Gasteiger partial charge is 0.358 e. The van der Waals surface area contributed by atoms with Gasteiger partial charge in [0.1, 0.15) is 11.5 Å². The second-order valence-electron chi connectivity index (χ2n) is 5.05. The van der Waals surface area contributed by atoms with Gasteiger partial charge >= 0.3 is 5.97 Å². The fourth-order valence-corrected chi connectivity index (χ4v) is 2.52. The minimum atomic E-state index is -1.23. The van der Waals surface area contributed by atoms with Gasteiger partial charge in [-0.2, -0.15) is 0 Å². The lowest BCUT2D eigenvalue weighted by Gasteiger charge is -2.08. The molecule has 4 rings (SSSR count). The lowest BCUT2D eigenvalue weighted by atomic mass is 10.1. The van der Waals surface area contributed by atoms with Crippen LogP contribution in [0, 0.1) is 5.82 Å². The van der Waals surface area contributed by atoms with Crippen molar-refractivity contribution in [2.45, 2.75) is 0 Å². The zero-order valence-corrected chi connectivity index (χ0v) is 12.1. The van der Waals surface area contributed by atoms with Crippen LogP contribution in [0.5, 0.6) is 11.5 Å². The fraction of sp³-hybridized carbons (Fsp3) is 0.0625. The van der Waals surface area contributed by atoms with Gasteiger partial charge in [-0.05, 0) is 36.4 Å². The molecule has 0 aliphatic carbocycles. The number of fused-ring (bicyclic) bond motifs is 1.